The average Bonchev–Trinajstić information content (AvgIpc) is 2.97. The molecule has 3 rings (SSSR count). The molecular formula is C19H22N2O3S2. The van der Waals surface area contributed by atoms with Crippen molar-refractivity contribution in [2.75, 3.05) is 24.7 Å². The molecular weight excluding hydrogens is 368 g/mol. The maximum atomic E-state index is 12.8. The van der Waals surface area contributed by atoms with Crippen molar-refractivity contribution < 1.29 is 13.2 Å². The van der Waals surface area contributed by atoms with Gasteiger partial charge in [0.25, 0.3) is 0 Å². The van der Waals surface area contributed by atoms with Gasteiger partial charge in [-0.1, -0.05) is 18.2 Å². The maximum Gasteiger partial charge on any atom is 0.243 e. The number of likely N-dealkylation sites (N-methyl/N-ethyl adjacent to an activating group) is 1. The molecule has 0 saturated carbocycles. The average molecular weight is 391 g/mol. The fraction of sp³-hybridized carbons (Fsp3) is 0.316. The molecule has 0 fully saturated rings. The number of benzene rings is 2. The highest BCUT2D eigenvalue weighted by molar-refractivity contribution is 7.98. The molecule has 1 amide bonds. The van der Waals surface area contributed by atoms with Gasteiger partial charge in [0.15, 0.2) is 0 Å². The highest BCUT2D eigenvalue weighted by atomic mass is 32.2. The van der Waals surface area contributed by atoms with E-state index < -0.39 is 10.0 Å². The van der Waals surface area contributed by atoms with Crippen LogP contribution >= 0.6 is 11.8 Å². The van der Waals surface area contributed by atoms with Gasteiger partial charge in [-0.3, -0.25) is 4.79 Å². The van der Waals surface area contributed by atoms with Gasteiger partial charge in [0.2, 0.25) is 15.9 Å². The predicted molar refractivity (Wildman–Crippen MR) is 105 cm³/mol. The molecule has 1 heterocycles. The summed E-state index contributed by atoms with van der Waals surface area (Å²) in [4.78, 5) is 15.7. The molecule has 7 heteroatoms. The highest BCUT2D eigenvalue weighted by Crippen LogP contribution is 2.32. The highest BCUT2D eigenvalue weighted by Gasteiger charge is 2.33. The number of hydrogen-bond acceptors (Lipinski definition) is 4. The second-order valence-electron chi connectivity index (χ2n) is 6.38. The lowest BCUT2D eigenvalue weighted by Gasteiger charge is -2.25. The maximum absolute atomic E-state index is 12.8. The van der Waals surface area contributed by atoms with Crippen LogP contribution in [0.25, 0.3) is 0 Å². The molecule has 0 aliphatic carbocycles. The topological polar surface area (TPSA) is 57.7 Å². The molecule has 1 aliphatic heterocycles. The summed E-state index contributed by atoms with van der Waals surface area (Å²) in [7, 11) is -2.26. The number of anilines is 1. The van der Waals surface area contributed by atoms with E-state index in [1.165, 1.54) is 7.05 Å². The fourth-order valence-corrected chi connectivity index (χ4v) is 4.75. The van der Waals surface area contributed by atoms with Crippen LogP contribution in [0.3, 0.4) is 0 Å². The number of fused-ring (bicyclic) bond motifs is 1. The third-order valence-electron chi connectivity index (χ3n) is 4.60. The lowest BCUT2D eigenvalue weighted by atomic mass is 10.1. The third kappa shape index (κ3) is 3.51. The van der Waals surface area contributed by atoms with Gasteiger partial charge >= 0.3 is 0 Å². The van der Waals surface area contributed by atoms with E-state index in [0.29, 0.717) is 0 Å². The molecule has 0 aromatic heterocycles. The standard InChI is InChI=1S/C19H22N2O3S2/c1-14-12-15-6-4-5-7-18(15)21(14)19(22)13-20(2)26(23,24)17-10-8-16(25-3)9-11-17/h4-11,14H,12-13H2,1-3H3. The van der Waals surface area contributed by atoms with Crippen molar-refractivity contribution in [3.05, 3.63) is 54.1 Å². The van der Waals surface area contributed by atoms with Gasteiger partial charge in [0.1, 0.15) is 0 Å². The Hall–Kier alpha value is -1.83. The van der Waals surface area contributed by atoms with Gasteiger partial charge in [-0.2, -0.15) is 4.31 Å². The summed E-state index contributed by atoms with van der Waals surface area (Å²) in [5.74, 6) is -0.214. The van der Waals surface area contributed by atoms with Crippen LogP contribution in [0.2, 0.25) is 0 Å². The Balaban J connectivity index is 1.78. The number of carbonyl (C=O) groups excluding carboxylic acids is 1. The van der Waals surface area contributed by atoms with Crippen LogP contribution in [-0.2, 0) is 21.2 Å². The summed E-state index contributed by atoms with van der Waals surface area (Å²) in [6.07, 6.45) is 2.72. The summed E-state index contributed by atoms with van der Waals surface area (Å²) in [6, 6.07) is 14.5. The number of thioether (sulfide) groups is 1. The number of rotatable bonds is 5. The minimum atomic E-state index is -3.71. The quantitative estimate of drug-likeness (QED) is 0.737. The Morgan fingerprint density at radius 2 is 1.85 bits per heavy atom. The van der Waals surface area contributed by atoms with Crippen molar-refractivity contribution in [1.82, 2.24) is 4.31 Å². The molecule has 2 aromatic carbocycles. The molecule has 138 valence electrons. The first-order chi connectivity index (χ1) is 12.3. The molecule has 0 bridgehead atoms. The van der Waals surface area contributed by atoms with E-state index >= 15 is 0 Å². The number of para-hydroxylation sites is 1. The second kappa shape index (κ2) is 7.42. The molecule has 5 nitrogen and oxygen atoms in total. The zero-order valence-corrected chi connectivity index (χ0v) is 16.7. The van der Waals surface area contributed by atoms with Crippen LogP contribution < -0.4 is 4.90 Å². The molecule has 1 aliphatic rings. The normalized spacial score (nSPS) is 16.8. The van der Waals surface area contributed by atoms with Gasteiger partial charge in [0, 0.05) is 23.7 Å². The van der Waals surface area contributed by atoms with E-state index in [2.05, 4.69) is 0 Å². The summed E-state index contributed by atoms with van der Waals surface area (Å²) < 4.78 is 26.6. The number of amides is 1. The Kier molecular flexibility index (Phi) is 5.41. The SMILES string of the molecule is CSc1ccc(S(=O)(=O)N(C)CC(=O)N2c3ccccc3CC2C)cc1. The van der Waals surface area contributed by atoms with Crippen molar-refractivity contribution in [3.8, 4) is 0 Å². The van der Waals surface area contributed by atoms with Crippen LogP contribution in [0.15, 0.2) is 58.3 Å². The summed E-state index contributed by atoms with van der Waals surface area (Å²) in [5.41, 5.74) is 1.99. The van der Waals surface area contributed by atoms with Crippen molar-refractivity contribution in [3.63, 3.8) is 0 Å². The molecule has 2 aromatic rings. The van der Waals surface area contributed by atoms with Gasteiger partial charge in [-0.15, -0.1) is 11.8 Å². The van der Waals surface area contributed by atoms with Crippen molar-refractivity contribution >= 4 is 33.4 Å². The lowest BCUT2D eigenvalue weighted by Crippen LogP contribution is -2.43. The van der Waals surface area contributed by atoms with Crippen LogP contribution in [0.5, 0.6) is 0 Å². The Morgan fingerprint density at radius 3 is 2.50 bits per heavy atom. The number of hydrogen-bond donors (Lipinski definition) is 0. The second-order valence-corrected chi connectivity index (χ2v) is 9.31. The van der Waals surface area contributed by atoms with E-state index in [4.69, 9.17) is 0 Å². The Bertz CT molecular complexity index is 911. The van der Waals surface area contributed by atoms with Gasteiger partial charge in [-0.25, -0.2) is 8.42 Å². The summed E-state index contributed by atoms with van der Waals surface area (Å²) in [6.45, 7) is 1.79. The molecule has 1 unspecified atom stereocenters. The van der Waals surface area contributed by atoms with Crippen LogP contribution in [0.1, 0.15) is 12.5 Å². The first-order valence-electron chi connectivity index (χ1n) is 8.35. The van der Waals surface area contributed by atoms with Crippen LogP contribution in [0.4, 0.5) is 5.69 Å². The molecule has 26 heavy (non-hydrogen) atoms. The van der Waals surface area contributed by atoms with Crippen LogP contribution in [0, 0.1) is 0 Å². The first kappa shape index (κ1) is 18.9. The first-order valence-corrected chi connectivity index (χ1v) is 11.0. The zero-order chi connectivity index (χ0) is 18.9. The van der Waals surface area contributed by atoms with Gasteiger partial charge in [0.05, 0.1) is 11.4 Å². The number of carbonyl (C=O) groups is 1. The van der Waals surface area contributed by atoms with Crippen LogP contribution in [-0.4, -0.2) is 44.5 Å². The monoisotopic (exact) mass is 390 g/mol. The van der Waals surface area contributed by atoms with E-state index in [-0.39, 0.29) is 23.4 Å². The van der Waals surface area contributed by atoms with E-state index in [1.807, 2.05) is 37.4 Å². The van der Waals surface area contributed by atoms with Gasteiger partial charge < -0.3 is 4.90 Å². The van der Waals surface area contributed by atoms with E-state index in [1.54, 1.807) is 40.9 Å². The lowest BCUT2D eigenvalue weighted by molar-refractivity contribution is -0.118. The Morgan fingerprint density at radius 1 is 1.19 bits per heavy atom. The molecule has 0 radical (unpaired) electrons. The predicted octanol–water partition coefficient (Wildman–Crippen LogP) is 3.01. The zero-order valence-electron chi connectivity index (χ0n) is 15.0. The third-order valence-corrected chi connectivity index (χ3v) is 7.16. The Labute approximate surface area is 159 Å². The van der Waals surface area contributed by atoms with E-state index in [0.717, 1.165) is 26.9 Å². The van der Waals surface area contributed by atoms with E-state index in [9.17, 15) is 13.2 Å². The summed E-state index contributed by atoms with van der Waals surface area (Å²) in [5, 5.41) is 0. The number of sulfonamides is 1. The minimum Gasteiger partial charge on any atom is -0.308 e. The van der Waals surface area contributed by atoms with Crippen molar-refractivity contribution in [1.29, 1.82) is 0 Å². The molecule has 0 saturated heterocycles. The fourth-order valence-electron chi connectivity index (χ4n) is 3.22. The largest absolute Gasteiger partial charge is 0.308 e. The summed E-state index contributed by atoms with van der Waals surface area (Å²) >= 11 is 1.55. The molecule has 1 atom stereocenters. The minimum absolute atomic E-state index is 0.0249. The van der Waals surface area contributed by atoms with Crippen molar-refractivity contribution in [2.24, 2.45) is 0 Å². The number of nitrogens with zero attached hydrogens (tertiary/aromatic N) is 2. The smallest absolute Gasteiger partial charge is 0.243 e. The van der Waals surface area contributed by atoms with Crippen molar-refractivity contribution in [2.45, 2.75) is 29.2 Å². The molecule has 0 spiro atoms. The van der Waals surface area contributed by atoms with Gasteiger partial charge in [-0.05, 0) is 55.5 Å². The molecule has 0 N–H and O–H groups in total.